The Labute approximate surface area is 118 Å². The average Bonchev–Trinajstić information content (AvgIpc) is 3.03. The van der Waals surface area contributed by atoms with Crippen molar-refractivity contribution in [3.63, 3.8) is 0 Å². The van der Waals surface area contributed by atoms with Gasteiger partial charge in [-0.2, -0.15) is 0 Å². The lowest BCUT2D eigenvalue weighted by Gasteiger charge is -2.37. The van der Waals surface area contributed by atoms with Crippen molar-refractivity contribution >= 4 is 5.91 Å². The van der Waals surface area contributed by atoms with E-state index in [2.05, 4.69) is 10.3 Å². The first-order valence-electron chi connectivity index (χ1n) is 7.23. The SMILES string of the molecule is Cn1cnc(C(=O)N2CC(CO)C3(CCNCC3)C2)c1. The Hall–Kier alpha value is -1.40. The summed E-state index contributed by atoms with van der Waals surface area (Å²) < 4.78 is 1.78. The minimum absolute atomic E-state index is 0.0144. The van der Waals surface area contributed by atoms with Crippen molar-refractivity contribution in [2.24, 2.45) is 18.4 Å². The third kappa shape index (κ3) is 2.23. The van der Waals surface area contributed by atoms with Gasteiger partial charge in [-0.1, -0.05) is 0 Å². The van der Waals surface area contributed by atoms with E-state index in [1.165, 1.54) is 0 Å². The van der Waals surface area contributed by atoms with Gasteiger partial charge in [0, 0.05) is 38.9 Å². The standard InChI is InChI=1S/C14H22N4O2/c1-17-7-12(16-10-17)13(20)18-6-11(8-19)14(9-18)2-4-15-5-3-14/h7,10-11,15,19H,2-6,8-9H2,1H3. The van der Waals surface area contributed by atoms with E-state index >= 15 is 0 Å². The number of carbonyl (C=O) groups is 1. The van der Waals surface area contributed by atoms with E-state index in [4.69, 9.17) is 0 Å². The number of aliphatic hydroxyl groups is 1. The Morgan fingerprint density at radius 1 is 1.55 bits per heavy atom. The number of likely N-dealkylation sites (tertiary alicyclic amines) is 1. The number of amides is 1. The number of nitrogens with one attached hydrogen (secondary N) is 1. The molecule has 3 heterocycles. The minimum atomic E-state index is -0.0144. The van der Waals surface area contributed by atoms with Crippen LogP contribution in [0.15, 0.2) is 12.5 Å². The Bertz CT molecular complexity index is 493. The third-order valence-electron chi connectivity index (χ3n) is 4.84. The first-order valence-corrected chi connectivity index (χ1v) is 7.23. The van der Waals surface area contributed by atoms with Gasteiger partial charge in [-0.05, 0) is 31.3 Å². The lowest BCUT2D eigenvalue weighted by atomic mass is 9.71. The van der Waals surface area contributed by atoms with Crippen molar-refractivity contribution in [1.29, 1.82) is 0 Å². The van der Waals surface area contributed by atoms with Gasteiger partial charge in [0.1, 0.15) is 5.69 Å². The van der Waals surface area contributed by atoms with Gasteiger partial charge in [0.05, 0.1) is 6.33 Å². The molecular formula is C14H22N4O2. The molecule has 0 aromatic carbocycles. The molecule has 2 aliphatic rings. The zero-order valence-electron chi connectivity index (χ0n) is 11.9. The van der Waals surface area contributed by atoms with Crippen molar-refractivity contribution < 1.29 is 9.90 Å². The summed E-state index contributed by atoms with van der Waals surface area (Å²) in [5, 5.41) is 13.0. The molecule has 110 valence electrons. The molecule has 3 rings (SSSR count). The number of imidazole rings is 1. The van der Waals surface area contributed by atoms with Gasteiger partial charge in [-0.15, -0.1) is 0 Å². The van der Waals surface area contributed by atoms with E-state index in [0.717, 1.165) is 32.5 Å². The van der Waals surface area contributed by atoms with E-state index < -0.39 is 0 Å². The first-order chi connectivity index (χ1) is 9.64. The summed E-state index contributed by atoms with van der Waals surface area (Å²) in [7, 11) is 1.86. The Kier molecular flexibility index (Phi) is 3.52. The normalized spacial score (nSPS) is 25.3. The highest BCUT2D eigenvalue weighted by Crippen LogP contribution is 2.43. The third-order valence-corrected chi connectivity index (χ3v) is 4.84. The fraction of sp³-hybridized carbons (Fsp3) is 0.714. The fourth-order valence-electron chi connectivity index (χ4n) is 3.62. The number of nitrogens with zero attached hydrogens (tertiary/aromatic N) is 3. The predicted octanol–water partition coefficient (Wildman–Crippen LogP) is -0.146. The molecule has 2 saturated heterocycles. The zero-order chi connectivity index (χ0) is 14.2. The molecule has 6 nitrogen and oxygen atoms in total. The maximum Gasteiger partial charge on any atom is 0.274 e. The molecule has 1 atom stereocenters. The van der Waals surface area contributed by atoms with E-state index in [-0.39, 0.29) is 23.8 Å². The molecule has 2 aliphatic heterocycles. The number of hydrogen-bond acceptors (Lipinski definition) is 4. The highest BCUT2D eigenvalue weighted by Gasteiger charge is 2.48. The van der Waals surface area contributed by atoms with Gasteiger partial charge in [0.2, 0.25) is 0 Å². The van der Waals surface area contributed by atoms with Crippen LogP contribution in [0.2, 0.25) is 0 Å². The molecule has 1 unspecified atom stereocenters. The fourth-order valence-corrected chi connectivity index (χ4v) is 3.62. The van der Waals surface area contributed by atoms with Gasteiger partial charge in [0.25, 0.3) is 5.91 Å². The van der Waals surface area contributed by atoms with Crippen molar-refractivity contribution in [3.05, 3.63) is 18.2 Å². The van der Waals surface area contributed by atoms with Crippen LogP contribution in [0.4, 0.5) is 0 Å². The molecule has 2 fully saturated rings. The highest BCUT2D eigenvalue weighted by molar-refractivity contribution is 5.92. The van der Waals surface area contributed by atoms with Crippen LogP contribution in [-0.4, -0.2) is 58.3 Å². The number of aliphatic hydroxyl groups excluding tert-OH is 1. The molecule has 1 amide bonds. The Morgan fingerprint density at radius 2 is 2.30 bits per heavy atom. The van der Waals surface area contributed by atoms with E-state index in [9.17, 15) is 9.90 Å². The van der Waals surface area contributed by atoms with Crippen LogP contribution >= 0.6 is 0 Å². The molecule has 1 aromatic rings. The lowest BCUT2D eigenvalue weighted by molar-refractivity contribution is 0.0751. The number of hydrogen-bond donors (Lipinski definition) is 2. The van der Waals surface area contributed by atoms with Crippen molar-refractivity contribution in [2.45, 2.75) is 12.8 Å². The maximum absolute atomic E-state index is 12.5. The van der Waals surface area contributed by atoms with Crippen LogP contribution in [0.3, 0.4) is 0 Å². The second-order valence-electron chi connectivity index (χ2n) is 6.10. The van der Waals surface area contributed by atoms with Crippen LogP contribution in [0.25, 0.3) is 0 Å². The van der Waals surface area contributed by atoms with Crippen LogP contribution in [0.5, 0.6) is 0 Å². The van der Waals surface area contributed by atoms with Gasteiger partial charge < -0.3 is 19.9 Å². The van der Waals surface area contributed by atoms with E-state index in [1.807, 2.05) is 11.9 Å². The van der Waals surface area contributed by atoms with E-state index in [1.54, 1.807) is 17.1 Å². The van der Waals surface area contributed by atoms with Crippen molar-refractivity contribution in [1.82, 2.24) is 19.8 Å². The topological polar surface area (TPSA) is 70.4 Å². The molecular weight excluding hydrogens is 256 g/mol. The molecule has 20 heavy (non-hydrogen) atoms. The quantitative estimate of drug-likeness (QED) is 0.789. The average molecular weight is 278 g/mol. The molecule has 0 aliphatic carbocycles. The maximum atomic E-state index is 12.5. The van der Waals surface area contributed by atoms with Crippen molar-refractivity contribution in [2.75, 3.05) is 32.8 Å². The summed E-state index contributed by atoms with van der Waals surface area (Å²) in [4.78, 5) is 18.5. The summed E-state index contributed by atoms with van der Waals surface area (Å²) in [5.74, 6) is 0.178. The molecule has 0 saturated carbocycles. The summed E-state index contributed by atoms with van der Waals surface area (Å²) in [5.41, 5.74) is 0.583. The van der Waals surface area contributed by atoms with Crippen LogP contribution in [0, 0.1) is 11.3 Å². The summed E-state index contributed by atoms with van der Waals surface area (Å²) in [6.45, 7) is 3.50. The van der Waals surface area contributed by atoms with E-state index in [0.29, 0.717) is 12.2 Å². The van der Waals surface area contributed by atoms with Crippen molar-refractivity contribution in [3.8, 4) is 0 Å². The Morgan fingerprint density at radius 3 is 2.90 bits per heavy atom. The first kappa shape index (κ1) is 13.6. The predicted molar refractivity (Wildman–Crippen MR) is 74.2 cm³/mol. The largest absolute Gasteiger partial charge is 0.396 e. The lowest BCUT2D eigenvalue weighted by Crippen LogP contribution is -2.43. The number of aryl methyl sites for hydroxylation is 1. The summed E-state index contributed by atoms with van der Waals surface area (Å²) >= 11 is 0. The molecule has 1 aromatic heterocycles. The Balaban J connectivity index is 1.77. The molecule has 0 bridgehead atoms. The summed E-state index contributed by atoms with van der Waals surface area (Å²) in [6, 6.07) is 0. The molecule has 1 spiro atoms. The second-order valence-corrected chi connectivity index (χ2v) is 6.10. The van der Waals surface area contributed by atoms with Gasteiger partial charge in [-0.25, -0.2) is 4.98 Å². The molecule has 6 heteroatoms. The number of piperidine rings is 1. The van der Waals surface area contributed by atoms with Gasteiger partial charge >= 0.3 is 0 Å². The van der Waals surface area contributed by atoms with Gasteiger partial charge in [0.15, 0.2) is 0 Å². The smallest absolute Gasteiger partial charge is 0.274 e. The molecule has 0 radical (unpaired) electrons. The minimum Gasteiger partial charge on any atom is -0.396 e. The highest BCUT2D eigenvalue weighted by atomic mass is 16.3. The zero-order valence-corrected chi connectivity index (χ0v) is 11.9. The second kappa shape index (κ2) is 5.18. The number of aromatic nitrogens is 2. The number of rotatable bonds is 2. The summed E-state index contributed by atoms with van der Waals surface area (Å²) in [6.07, 6.45) is 5.46. The van der Waals surface area contributed by atoms with Crippen LogP contribution < -0.4 is 5.32 Å². The van der Waals surface area contributed by atoms with Crippen LogP contribution in [0.1, 0.15) is 23.3 Å². The van der Waals surface area contributed by atoms with Gasteiger partial charge in [-0.3, -0.25) is 4.79 Å². The number of carbonyl (C=O) groups excluding carboxylic acids is 1. The molecule has 2 N–H and O–H groups in total. The van der Waals surface area contributed by atoms with Crippen LogP contribution in [-0.2, 0) is 7.05 Å². The monoisotopic (exact) mass is 278 g/mol.